The number of benzene rings is 1. The first-order valence-electron chi connectivity index (χ1n) is 5.80. The molecule has 0 saturated heterocycles. The summed E-state index contributed by atoms with van der Waals surface area (Å²) in [5.74, 6) is 2.36. The summed E-state index contributed by atoms with van der Waals surface area (Å²) in [5, 5.41) is 0. The Morgan fingerprint density at radius 2 is 2.25 bits per heavy atom. The van der Waals surface area contributed by atoms with Gasteiger partial charge >= 0.3 is 0 Å². The third kappa shape index (κ3) is 1.61. The molecule has 2 aromatic rings. The van der Waals surface area contributed by atoms with Crippen molar-refractivity contribution >= 4 is 22.6 Å². The summed E-state index contributed by atoms with van der Waals surface area (Å²) < 4.78 is 2.30. The first kappa shape index (κ1) is 10.2. The Labute approximate surface area is 100 Å². The number of rotatable bonds is 3. The number of halogens is 1. The molecular formula is C13H15ClN2. The quantitative estimate of drug-likeness (QED) is 0.744. The van der Waals surface area contributed by atoms with Crippen molar-refractivity contribution < 1.29 is 0 Å². The van der Waals surface area contributed by atoms with Crippen molar-refractivity contribution in [3.63, 3.8) is 0 Å². The van der Waals surface area contributed by atoms with Crippen LogP contribution in [-0.4, -0.2) is 9.55 Å². The van der Waals surface area contributed by atoms with E-state index in [0.717, 1.165) is 23.8 Å². The van der Waals surface area contributed by atoms with Crippen molar-refractivity contribution in [2.75, 3.05) is 0 Å². The number of nitrogens with zero attached hydrogens (tertiary/aromatic N) is 2. The molecule has 1 saturated carbocycles. The SMILES string of the molecule is Cc1cccc2c1nc(CCl)n2CC1CC1. The summed E-state index contributed by atoms with van der Waals surface area (Å²) >= 11 is 5.98. The molecule has 1 aromatic carbocycles. The smallest absolute Gasteiger partial charge is 0.124 e. The highest BCUT2D eigenvalue weighted by molar-refractivity contribution is 6.16. The summed E-state index contributed by atoms with van der Waals surface area (Å²) in [5.41, 5.74) is 3.58. The van der Waals surface area contributed by atoms with Crippen molar-refractivity contribution in [2.24, 2.45) is 5.92 Å². The van der Waals surface area contributed by atoms with Gasteiger partial charge in [0.2, 0.25) is 0 Å². The zero-order valence-electron chi connectivity index (χ0n) is 9.41. The maximum Gasteiger partial charge on any atom is 0.124 e. The van der Waals surface area contributed by atoms with Gasteiger partial charge in [-0.2, -0.15) is 0 Å². The molecule has 0 atom stereocenters. The van der Waals surface area contributed by atoms with Crippen LogP contribution in [0, 0.1) is 12.8 Å². The largest absolute Gasteiger partial charge is 0.327 e. The number of hydrogen-bond acceptors (Lipinski definition) is 1. The molecule has 1 fully saturated rings. The maximum atomic E-state index is 5.98. The predicted octanol–water partition coefficient (Wildman–Crippen LogP) is 3.49. The molecule has 0 spiro atoms. The van der Waals surface area contributed by atoms with Crippen molar-refractivity contribution in [1.29, 1.82) is 0 Å². The second-order valence-corrected chi connectivity index (χ2v) is 4.93. The number of aromatic nitrogens is 2. The van der Waals surface area contributed by atoms with Crippen LogP contribution in [0.4, 0.5) is 0 Å². The molecule has 3 rings (SSSR count). The molecule has 3 heteroatoms. The van der Waals surface area contributed by atoms with Crippen LogP contribution in [-0.2, 0) is 12.4 Å². The number of fused-ring (bicyclic) bond motifs is 1. The van der Waals surface area contributed by atoms with Crippen LogP contribution < -0.4 is 0 Å². The van der Waals surface area contributed by atoms with E-state index in [4.69, 9.17) is 11.6 Å². The minimum absolute atomic E-state index is 0.501. The predicted molar refractivity (Wildman–Crippen MR) is 66.8 cm³/mol. The highest BCUT2D eigenvalue weighted by Crippen LogP contribution is 2.33. The van der Waals surface area contributed by atoms with E-state index in [1.165, 1.54) is 23.9 Å². The van der Waals surface area contributed by atoms with Gasteiger partial charge in [-0.15, -0.1) is 11.6 Å². The van der Waals surface area contributed by atoms with E-state index in [0.29, 0.717) is 5.88 Å². The number of imidazole rings is 1. The van der Waals surface area contributed by atoms with E-state index >= 15 is 0 Å². The van der Waals surface area contributed by atoms with Crippen LogP contribution in [0.5, 0.6) is 0 Å². The van der Waals surface area contributed by atoms with E-state index in [1.54, 1.807) is 0 Å². The van der Waals surface area contributed by atoms with Crippen LogP contribution in [0.3, 0.4) is 0 Å². The molecule has 1 aliphatic carbocycles. The summed E-state index contributed by atoms with van der Waals surface area (Å²) in [6, 6.07) is 6.35. The first-order valence-corrected chi connectivity index (χ1v) is 6.33. The minimum Gasteiger partial charge on any atom is -0.327 e. The van der Waals surface area contributed by atoms with Crippen LogP contribution in [0.25, 0.3) is 11.0 Å². The molecule has 0 N–H and O–H groups in total. The number of aryl methyl sites for hydroxylation is 1. The molecule has 1 aromatic heterocycles. The third-order valence-electron chi connectivity index (χ3n) is 3.32. The van der Waals surface area contributed by atoms with Crippen molar-refractivity contribution in [2.45, 2.75) is 32.2 Å². The molecule has 0 amide bonds. The topological polar surface area (TPSA) is 17.8 Å². The summed E-state index contributed by atoms with van der Waals surface area (Å²) in [6.07, 6.45) is 2.71. The van der Waals surface area contributed by atoms with Gasteiger partial charge in [0, 0.05) is 6.54 Å². The average Bonchev–Trinajstić information content (AvgIpc) is 3.02. The van der Waals surface area contributed by atoms with Gasteiger partial charge in [0.15, 0.2) is 0 Å². The number of alkyl halides is 1. The van der Waals surface area contributed by atoms with Gasteiger partial charge in [0.05, 0.1) is 16.9 Å². The van der Waals surface area contributed by atoms with Crippen LogP contribution >= 0.6 is 11.6 Å². The molecule has 0 radical (unpaired) electrons. The Kier molecular flexibility index (Phi) is 2.40. The zero-order valence-corrected chi connectivity index (χ0v) is 10.2. The fraction of sp³-hybridized carbons (Fsp3) is 0.462. The maximum absolute atomic E-state index is 5.98. The van der Waals surface area contributed by atoms with E-state index in [1.807, 2.05) is 0 Å². The molecule has 0 aliphatic heterocycles. The second-order valence-electron chi connectivity index (χ2n) is 4.66. The number of hydrogen-bond donors (Lipinski definition) is 0. The number of para-hydroxylation sites is 1. The average molecular weight is 235 g/mol. The fourth-order valence-electron chi connectivity index (χ4n) is 2.20. The van der Waals surface area contributed by atoms with Crippen molar-refractivity contribution in [3.8, 4) is 0 Å². The van der Waals surface area contributed by atoms with E-state index in [9.17, 15) is 0 Å². The highest BCUT2D eigenvalue weighted by Gasteiger charge is 2.24. The first-order chi connectivity index (χ1) is 7.79. The molecule has 0 bridgehead atoms. The lowest BCUT2D eigenvalue weighted by atomic mass is 10.2. The normalized spacial score (nSPS) is 15.9. The van der Waals surface area contributed by atoms with Gasteiger partial charge < -0.3 is 4.57 Å². The van der Waals surface area contributed by atoms with Crippen molar-refractivity contribution in [3.05, 3.63) is 29.6 Å². The summed E-state index contributed by atoms with van der Waals surface area (Å²) in [7, 11) is 0. The zero-order chi connectivity index (χ0) is 11.1. The standard InChI is InChI=1S/C13H15ClN2/c1-9-3-2-4-11-13(9)15-12(7-14)16(11)8-10-5-6-10/h2-4,10H,5-8H2,1H3. The van der Waals surface area contributed by atoms with E-state index in [2.05, 4.69) is 34.7 Å². The van der Waals surface area contributed by atoms with Crippen LogP contribution in [0.2, 0.25) is 0 Å². The van der Waals surface area contributed by atoms with Gasteiger partial charge in [0.25, 0.3) is 0 Å². The van der Waals surface area contributed by atoms with Crippen LogP contribution in [0.15, 0.2) is 18.2 Å². The van der Waals surface area contributed by atoms with Gasteiger partial charge in [-0.3, -0.25) is 0 Å². The lowest BCUT2D eigenvalue weighted by molar-refractivity contribution is 0.623. The van der Waals surface area contributed by atoms with Gasteiger partial charge in [-0.1, -0.05) is 12.1 Å². The molecule has 0 unspecified atom stereocenters. The molecule has 16 heavy (non-hydrogen) atoms. The van der Waals surface area contributed by atoms with Gasteiger partial charge in [-0.25, -0.2) is 4.98 Å². The molecule has 1 aliphatic rings. The van der Waals surface area contributed by atoms with Gasteiger partial charge in [0.1, 0.15) is 5.82 Å². The Hall–Kier alpha value is -1.02. The fourth-order valence-corrected chi connectivity index (χ4v) is 2.40. The molecule has 2 nitrogen and oxygen atoms in total. The minimum atomic E-state index is 0.501. The molecule has 1 heterocycles. The summed E-state index contributed by atoms with van der Waals surface area (Å²) in [4.78, 5) is 4.64. The van der Waals surface area contributed by atoms with E-state index < -0.39 is 0 Å². The third-order valence-corrected chi connectivity index (χ3v) is 3.56. The second kappa shape index (κ2) is 3.77. The highest BCUT2D eigenvalue weighted by atomic mass is 35.5. The van der Waals surface area contributed by atoms with Crippen LogP contribution in [0.1, 0.15) is 24.2 Å². The lowest BCUT2D eigenvalue weighted by Crippen LogP contribution is -2.03. The monoisotopic (exact) mass is 234 g/mol. The van der Waals surface area contributed by atoms with E-state index in [-0.39, 0.29) is 0 Å². The molecular weight excluding hydrogens is 220 g/mol. The Balaban J connectivity index is 2.17. The lowest BCUT2D eigenvalue weighted by Gasteiger charge is -2.06. The summed E-state index contributed by atoms with van der Waals surface area (Å²) in [6.45, 7) is 3.19. The Morgan fingerprint density at radius 3 is 2.94 bits per heavy atom. The molecule has 84 valence electrons. The van der Waals surface area contributed by atoms with Gasteiger partial charge in [-0.05, 0) is 37.3 Å². The Bertz CT molecular complexity index is 526. The van der Waals surface area contributed by atoms with Crippen molar-refractivity contribution in [1.82, 2.24) is 9.55 Å². The Morgan fingerprint density at radius 1 is 1.44 bits per heavy atom.